The number of benzene rings is 1. The van der Waals surface area contributed by atoms with Gasteiger partial charge in [0.15, 0.2) is 0 Å². The predicted molar refractivity (Wildman–Crippen MR) is 139 cm³/mol. The topological polar surface area (TPSA) is 43.8 Å². The molecule has 0 spiro atoms. The minimum Gasteiger partial charge on any atom is -0.400 e. The number of carbonyl (C=O) groups excluding carboxylic acids is 1. The number of halogens is 3. The van der Waals surface area contributed by atoms with Crippen molar-refractivity contribution in [2.24, 2.45) is 0 Å². The molecule has 0 radical (unpaired) electrons. The largest absolute Gasteiger partial charge is 0.416 e. The molecule has 0 aliphatic heterocycles. The average molecular weight is 489 g/mol. The van der Waals surface area contributed by atoms with E-state index in [4.69, 9.17) is 5.11 Å². The highest BCUT2D eigenvalue weighted by Crippen LogP contribution is 2.31. The van der Waals surface area contributed by atoms with Crippen LogP contribution in [0.2, 0.25) is 0 Å². The second-order valence-corrected chi connectivity index (χ2v) is 8.09. The number of Topliss-reactive ketones (excluding diaryl/α,β-unsaturated/α-hetero) is 1. The van der Waals surface area contributed by atoms with Crippen molar-refractivity contribution in [3.8, 4) is 0 Å². The molecule has 1 aliphatic rings. The molecule has 0 unspecified atom stereocenters. The van der Waals surface area contributed by atoms with E-state index in [9.17, 15) is 18.0 Å². The third-order valence-corrected chi connectivity index (χ3v) is 5.22. The third kappa shape index (κ3) is 11.8. The molecular formula is C27H47F3N2O2. The molecule has 0 fully saturated rings. The summed E-state index contributed by atoms with van der Waals surface area (Å²) in [6.45, 7) is 13.6. The Labute approximate surface area is 206 Å². The number of aryl methyl sites for hydroxylation is 2. The molecule has 2 rings (SSSR count). The number of rotatable bonds is 6. The number of likely N-dealkylation sites (N-methyl/N-ethyl adjacent to an activating group) is 2. The summed E-state index contributed by atoms with van der Waals surface area (Å²) in [6.07, 6.45) is 1.76. The van der Waals surface area contributed by atoms with Crippen molar-refractivity contribution in [2.75, 3.05) is 34.8 Å². The Kier molecular flexibility index (Phi) is 17.4. The lowest BCUT2D eigenvalue weighted by atomic mass is 9.90. The van der Waals surface area contributed by atoms with Gasteiger partial charge in [0.1, 0.15) is 5.78 Å². The number of hydrogen-bond donors (Lipinski definition) is 1. The van der Waals surface area contributed by atoms with Crippen molar-refractivity contribution in [2.45, 2.75) is 72.5 Å². The summed E-state index contributed by atoms with van der Waals surface area (Å²) < 4.78 is 36.9. The minimum absolute atomic E-state index is 0. The van der Waals surface area contributed by atoms with Gasteiger partial charge in [0.05, 0.1) is 12.1 Å². The van der Waals surface area contributed by atoms with Crippen LogP contribution in [0.5, 0.6) is 0 Å². The summed E-state index contributed by atoms with van der Waals surface area (Å²) in [5.41, 5.74) is 3.40. The second kappa shape index (κ2) is 17.3. The molecule has 198 valence electrons. The van der Waals surface area contributed by atoms with Gasteiger partial charge in [0.2, 0.25) is 0 Å². The molecule has 0 saturated heterocycles. The summed E-state index contributed by atoms with van der Waals surface area (Å²) in [5.74, 6) is 0.204. The fraction of sp³-hybridized carbons (Fsp3) is 0.593. The number of allylic oxidation sites excluding steroid dienone is 1. The molecule has 0 saturated carbocycles. The van der Waals surface area contributed by atoms with E-state index in [1.54, 1.807) is 19.9 Å². The Morgan fingerprint density at radius 2 is 1.76 bits per heavy atom. The molecule has 1 aromatic carbocycles. The van der Waals surface area contributed by atoms with Crippen LogP contribution in [0.15, 0.2) is 42.1 Å². The van der Waals surface area contributed by atoms with E-state index in [1.807, 2.05) is 33.9 Å². The Balaban J connectivity index is -0.000000511. The number of carbonyl (C=O) groups is 1. The first-order valence-corrected chi connectivity index (χ1v) is 11.8. The van der Waals surface area contributed by atoms with E-state index >= 15 is 0 Å². The molecule has 1 atom stereocenters. The number of aliphatic hydroxyl groups excluding tert-OH is 1. The quantitative estimate of drug-likeness (QED) is 0.495. The molecule has 0 amide bonds. The number of alkyl halides is 3. The van der Waals surface area contributed by atoms with Crippen LogP contribution < -0.4 is 0 Å². The van der Waals surface area contributed by atoms with Gasteiger partial charge < -0.3 is 14.9 Å². The van der Waals surface area contributed by atoms with E-state index in [2.05, 4.69) is 30.5 Å². The fourth-order valence-electron chi connectivity index (χ4n) is 3.82. The van der Waals surface area contributed by atoms with Crippen LogP contribution in [0.3, 0.4) is 0 Å². The van der Waals surface area contributed by atoms with Gasteiger partial charge in [-0.25, -0.2) is 0 Å². The van der Waals surface area contributed by atoms with Gasteiger partial charge in [-0.1, -0.05) is 45.1 Å². The van der Waals surface area contributed by atoms with Gasteiger partial charge in [-0.15, -0.1) is 0 Å². The molecule has 34 heavy (non-hydrogen) atoms. The molecule has 4 nitrogen and oxygen atoms in total. The lowest BCUT2D eigenvalue weighted by molar-refractivity contribution is -0.137. The minimum atomic E-state index is -4.23. The molecule has 1 aliphatic carbocycles. The van der Waals surface area contributed by atoms with Gasteiger partial charge in [0.25, 0.3) is 0 Å². The van der Waals surface area contributed by atoms with Crippen LogP contribution in [0, 0.1) is 6.92 Å². The standard InChI is InChI=1S/C14H24N2O.C10H11F3.C2H6.CH4O.H2/c1-6-12-13(15(3)4)8-7-9-14(12)16(5)10-11(2)17;1-3-8-4-7(2)5-9(6-8)10(11,12)13;2*1-2;/h6,13H,1,7-10H2,2-5H3;4-6H,3H2,1-2H3;1-2H3;2H,1H3;1H/t13-;;;;/m1..../s1. The van der Waals surface area contributed by atoms with E-state index in [1.165, 1.54) is 36.2 Å². The first kappa shape index (κ1) is 34.0. The summed E-state index contributed by atoms with van der Waals surface area (Å²) in [6, 6.07) is 4.58. The number of ketones is 1. The number of hydrogen-bond acceptors (Lipinski definition) is 4. The smallest absolute Gasteiger partial charge is 0.400 e. The predicted octanol–water partition coefficient (Wildman–Crippen LogP) is 6.52. The maximum atomic E-state index is 12.3. The van der Waals surface area contributed by atoms with Crippen LogP contribution in [0.4, 0.5) is 13.2 Å². The Bertz CT molecular complexity index is 778. The van der Waals surface area contributed by atoms with E-state index in [-0.39, 0.29) is 7.21 Å². The van der Waals surface area contributed by atoms with Gasteiger partial charge in [0, 0.05) is 27.3 Å². The Morgan fingerprint density at radius 3 is 2.18 bits per heavy atom. The van der Waals surface area contributed by atoms with Crippen molar-refractivity contribution >= 4 is 5.78 Å². The number of nitrogens with zero attached hydrogens (tertiary/aromatic N) is 2. The summed E-state index contributed by atoms with van der Waals surface area (Å²) in [4.78, 5) is 15.5. The van der Waals surface area contributed by atoms with E-state index in [0.717, 1.165) is 19.1 Å². The van der Waals surface area contributed by atoms with Crippen molar-refractivity contribution in [1.29, 1.82) is 0 Å². The zero-order valence-corrected chi connectivity index (χ0v) is 22.5. The summed E-state index contributed by atoms with van der Waals surface area (Å²) in [5, 5.41) is 7.00. The molecule has 7 heteroatoms. The normalized spacial score (nSPS) is 15.2. The SMILES string of the molecule is C=CC1=C(N(C)CC(C)=O)CCC[C@H]1N(C)C.CC.CCc1cc(C)cc(C(F)(F)F)c1.CO.[HH]. The highest BCUT2D eigenvalue weighted by atomic mass is 19.4. The van der Waals surface area contributed by atoms with Crippen LogP contribution in [-0.4, -0.2) is 61.5 Å². The van der Waals surface area contributed by atoms with Gasteiger partial charge >= 0.3 is 6.18 Å². The van der Waals surface area contributed by atoms with Gasteiger partial charge in [-0.2, -0.15) is 13.2 Å². The van der Waals surface area contributed by atoms with E-state index < -0.39 is 11.7 Å². The van der Waals surface area contributed by atoms with Crippen molar-refractivity contribution in [3.05, 3.63) is 58.8 Å². The average Bonchev–Trinajstić information content (AvgIpc) is 2.80. The van der Waals surface area contributed by atoms with Crippen molar-refractivity contribution in [1.82, 2.24) is 9.80 Å². The number of aliphatic hydroxyl groups is 1. The first-order valence-electron chi connectivity index (χ1n) is 11.8. The van der Waals surface area contributed by atoms with Crippen LogP contribution in [0.1, 0.15) is 65.1 Å². The lowest BCUT2D eigenvalue weighted by Gasteiger charge is -2.35. The zero-order chi connectivity index (χ0) is 27.1. The van der Waals surface area contributed by atoms with Crippen molar-refractivity contribution < 1.29 is 24.5 Å². The highest BCUT2D eigenvalue weighted by Gasteiger charge is 2.30. The maximum Gasteiger partial charge on any atom is 0.416 e. The summed E-state index contributed by atoms with van der Waals surface area (Å²) in [7, 11) is 7.20. The molecular weight excluding hydrogens is 441 g/mol. The van der Waals surface area contributed by atoms with Gasteiger partial charge in [-0.05, 0) is 76.9 Å². The maximum absolute atomic E-state index is 12.3. The monoisotopic (exact) mass is 488 g/mol. The Morgan fingerprint density at radius 1 is 1.21 bits per heavy atom. The lowest BCUT2D eigenvalue weighted by Crippen LogP contribution is -2.36. The zero-order valence-electron chi connectivity index (χ0n) is 22.5. The van der Waals surface area contributed by atoms with Crippen LogP contribution in [0.25, 0.3) is 0 Å². The first-order chi connectivity index (χ1) is 15.9. The second-order valence-electron chi connectivity index (χ2n) is 8.09. The summed E-state index contributed by atoms with van der Waals surface area (Å²) >= 11 is 0. The Hall–Kier alpha value is -2.12. The highest BCUT2D eigenvalue weighted by molar-refractivity contribution is 5.77. The molecule has 0 heterocycles. The fourth-order valence-corrected chi connectivity index (χ4v) is 3.82. The van der Waals surface area contributed by atoms with Crippen molar-refractivity contribution in [3.63, 3.8) is 0 Å². The van der Waals surface area contributed by atoms with Crippen LogP contribution >= 0.6 is 0 Å². The molecule has 0 aromatic heterocycles. The van der Waals surface area contributed by atoms with E-state index in [0.29, 0.717) is 24.6 Å². The third-order valence-electron chi connectivity index (χ3n) is 5.22. The van der Waals surface area contributed by atoms with Gasteiger partial charge in [-0.3, -0.25) is 4.79 Å². The molecule has 1 aromatic rings. The van der Waals surface area contributed by atoms with Crippen LogP contribution in [-0.2, 0) is 17.4 Å². The molecule has 1 N–H and O–H groups in total. The molecule has 0 bridgehead atoms.